The van der Waals surface area contributed by atoms with E-state index < -0.39 is 0 Å². The standard InChI is InChI=1S/C20H29N5O3/c1-22-17-16(18(26)25(20(22)27)13-14-28-2)24-11-6-10-23(19(24)21-17)12-9-15-7-4-3-5-8-15/h3-5,7-8,16-17,19,21H,6,9-14H2,1-2H3. The van der Waals surface area contributed by atoms with Crippen molar-refractivity contribution in [3.63, 3.8) is 0 Å². The summed E-state index contributed by atoms with van der Waals surface area (Å²) in [7, 11) is 3.35. The lowest BCUT2D eigenvalue weighted by Crippen LogP contribution is -2.66. The molecular formula is C20H29N5O3. The number of carbonyl (C=O) groups is 2. The molecule has 0 bridgehead atoms. The summed E-state index contributed by atoms with van der Waals surface area (Å²) >= 11 is 0. The number of urea groups is 1. The van der Waals surface area contributed by atoms with Gasteiger partial charge in [0.2, 0.25) is 0 Å². The lowest BCUT2D eigenvalue weighted by Gasteiger charge is -2.43. The zero-order chi connectivity index (χ0) is 19.7. The van der Waals surface area contributed by atoms with Crippen LogP contribution in [-0.2, 0) is 16.0 Å². The third-order valence-electron chi connectivity index (χ3n) is 6.02. The summed E-state index contributed by atoms with van der Waals surface area (Å²) in [4.78, 5) is 33.4. The number of hydrogen-bond donors (Lipinski definition) is 1. The highest BCUT2D eigenvalue weighted by molar-refractivity contribution is 6.00. The number of imide groups is 1. The molecule has 3 aliphatic heterocycles. The molecule has 3 amide bonds. The Labute approximate surface area is 166 Å². The normalized spacial score (nSPS) is 28.6. The zero-order valence-corrected chi connectivity index (χ0v) is 16.6. The Kier molecular flexibility index (Phi) is 5.63. The summed E-state index contributed by atoms with van der Waals surface area (Å²) in [5, 5.41) is 3.55. The van der Waals surface area contributed by atoms with Crippen molar-refractivity contribution in [2.75, 3.05) is 46.9 Å². The molecule has 0 aromatic heterocycles. The Hall–Kier alpha value is -2.00. The summed E-state index contributed by atoms with van der Waals surface area (Å²) in [6.07, 6.45) is 1.67. The van der Waals surface area contributed by atoms with Crippen LogP contribution in [0, 0.1) is 0 Å². The molecule has 0 spiro atoms. The van der Waals surface area contributed by atoms with Crippen molar-refractivity contribution >= 4 is 11.9 Å². The summed E-state index contributed by atoms with van der Waals surface area (Å²) < 4.78 is 5.08. The molecule has 3 unspecified atom stereocenters. The second kappa shape index (κ2) is 8.16. The van der Waals surface area contributed by atoms with Gasteiger partial charge in [0.1, 0.15) is 18.5 Å². The summed E-state index contributed by atoms with van der Waals surface area (Å²) in [5.74, 6) is -0.120. The van der Waals surface area contributed by atoms with Crippen LogP contribution in [0.2, 0.25) is 0 Å². The quantitative estimate of drug-likeness (QED) is 0.760. The monoisotopic (exact) mass is 387 g/mol. The number of nitrogens with zero attached hydrogens (tertiary/aromatic N) is 4. The summed E-state index contributed by atoms with van der Waals surface area (Å²) in [6.45, 7) is 3.39. The van der Waals surface area contributed by atoms with Gasteiger partial charge < -0.3 is 9.64 Å². The Morgan fingerprint density at radius 3 is 2.68 bits per heavy atom. The van der Waals surface area contributed by atoms with E-state index in [2.05, 4.69) is 39.4 Å². The van der Waals surface area contributed by atoms with E-state index in [1.807, 2.05) is 6.07 Å². The minimum atomic E-state index is -0.343. The minimum absolute atomic E-state index is 0.0194. The molecule has 3 heterocycles. The van der Waals surface area contributed by atoms with Crippen molar-refractivity contribution in [1.29, 1.82) is 0 Å². The second-order valence-electron chi connectivity index (χ2n) is 7.67. The number of hydrogen-bond acceptors (Lipinski definition) is 6. The molecule has 152 valence electrons. The topological polar surface area (TPSA) is 68.4 Å². The van der Waals surface area contributed by atoms with E-state index in [4.69, 9.17) is 4.74 Å². The van der Waals surface area contributed by atoms with Crippen molar-refractivity contribution in [3.8, 4) is 0 Å². The Bertz CT molecular complexity index is 715. The second-order valence-corrected chi connectivity index (χ2v) is 7.67. The van der Waals surface area contributed by atoms with Crippen molar-refractivity contribution in [3.05, 3.63) is 35.9 Å². The van der Waals surface area contributed by atoms with Crippen LogP contribution in [0.15, 0.2) is 30.3 Å². The van der Waals surface area contributed by atoms with Gasteiger partial charge in [0, 0.05) is 33.8 Å². The van der Waals surface area contributed by atoms with E-state index in [9.17, 15) is 9.59 Å². The molecule has 8 nitrogen and oxygen atoms in total. The van der Waals surface area contributed by atoms with Crippen LogP contribution in [0.25, 0.3) is 0 Å². The molecule has 28 heavy (non-hydrogen) atoms. The average molecular weight is 387 g/mol. The molecule has 3 atom stereocenters. The third-order valence-corrected chi connectivity index (χ3v) is 6.02. The van der Waals surface area contributed by atoms with Crippen molar-refractivity contribution in [2.24, 2.45) is 0 Å². The van der Waals surface area contributed by atoms with E-state index in [1.165, 1.54) is 10.5 Å². The van der Waals surface area contributed by atoms with Gasteiger partial charge in [-0.1, -0.05) is 30.3 Å². The van der Waals surface area contributed by atoms with Gasteiger partial charge in [0.25, 0.3) is 5.91 Å². The molecule has 0 radical (unpaired) electrons. The van der Waals surface area contributed by atoms with Crippen LogP contribution in [0.4, 0.5) is 4.79 Å². The predicted octanol–water partition coefficient (Wildman–Crippen LogP) is 0.359. The maximum atomic E-state index is 13.1. The first kappa shape index (κ1) is 19.3. The highest BCUT2D eigenvalue weighted by Crippen LogP contribution is 2.30. The Balaban J connectivity index is 1.49. The van der Waals surface area contributed by atoms with Gasteiger partial charge in [-0.2, -0.15) is 0 Å². The van der Waals surface area contributed by atoms with Gasteiger partial charge in [-0.3, -0.25) is 24.8 Å². The van der Waals surface area contributed by atoms with Crippen LogP contribution in [0.3, 0.4) is 0 Å². The molecule has 8 heteroatoms. The van der Waals surface area contributed by atoms with E-state index in [-0.39, 0.29) is 37.0 Å². The number of rotatable bonds is 6. The van der Waals surface area contributed by atoms with Gasteiger partial charge in [-0.25, -0.2) is 4.79 Å². The van der Waals surface area contributed by atoms with Crippen molar-refractivity contribution in [1.82, 2.24) is 24.9 Å². The number of methoxy groups -OCH3 is 1. The average Bonchev–Trinajstić information content (AvgIpc) is 3.12. The van der Waals surface area contributed by atoms with E-state index in [1.54, 1.807) is 19.1 Å². The molecular weight excluding hydrogens is 358 g/mol. The van der Waals surface area contributed by atoms with Crippen molar-refractivity contribution < 1.29 is 14.3 Å². The predicted molar refractivity (Wildman–Crippen MR) is 104 cm³/mol. The van der Waals surface area contributed by atoms with Crippen LogP contribution in [0.5, 0.6) is 0 Å². The number of carbonyl (C=O) groups excluding carboxylic acids is 2. The minimum Gasteiger partial charge on any atom is -0.383 e. The third kappa shape index (κ3) is 3.41. The lowest BCUT2D eigenvalue weighted by atomic mass is 10.1. The van der Waals surface area contributed by atoms with Gasteiger partial charge in [0.15, 0.2) is 0 Å². The zero-order valence-electron chi connectivity index (χ0n) is 16.6. The van der Waals surface area contributed by atoms with Crippen molar-refractivity contribution in [2.45, 2.75) is 31.3 Å². The molecule has 3 saturated heterocycles. The SMILES string of the molecule is COCCN1C(=O)C2C(NC3N(CCc4ccccc4)CCCN23)N(C)C1=O. The molecule has 1 aromatic rings. The first-order chi connectivity index (χ1) is 13.6. The maximum Gasteiger partial charge on any atom is 0.327 e. The molecule has 1 N–H and O–H groups in total. The first-order valence-corrected chi connectivity index (χ1v) is 9.98. The fourth-order valence-electron chi connectivity index (χ4n) is 4.53. The van der Waals surface area contributed by atoms with Gasteiger partial charge in [0.05, 0.1) is 13.2 Å². The Morgan fingerprint density at radius 2 is 1.93 bits per heavy atom. The number of likely N-dealkylation sites (N-methyl/N-ethyl adjacent to an activating group) is 1. The molecule has 1 aromatic carbocycles. The summed E-state index contributed by atoms with van der Waals surface area (Å²) in [6, 6.07) is 9.85. The fraction of sp³-hybridized carbons (Fsp3) is 0.600. The number of amides is 3. The number of ether oxygens (including phenoxy) is 1. The number of benzene rings is 1. The summed E-state index contributed by atoms with van der Waals surface area (Å²) in [5.41, 5.74) is 1.31. The van der Waals surface area contributed by atoms with Gasteiger partial charge in [-0.15, -0.1) is 0 Å². The molecule has 3 fully saturated rings. The fourth-order valence-corrected chi connectivity index (χ4v) is 4.53. The molecule has 0 aliphatic carbocycles. The molecule has 0 saturated carbocycles. The molecule has 4 rings (SSSR count). The lowest BCUT2D eigenvalue weighted by molar-refractivity contribution is -0.140. The van der Waals surface area contributed by atoms with Gasteiger partial charge in [-0.05, 0) is 18.4 Å². The highest BCUT2D eigenvalue weighted by Gasteiger charge is 2.55. The smallest absolute Gasteiger partial charge is 0.327 e. The molecule has 3 aliphatic rings. The number of fused-ring (bicyclic) bond motifs is 3. The Morgan fingerprint density at radius 1 is 1.14 bits per heavy atom. The van der Waals surface area contributed by atoms with Crippen LogP contribution in [0.1, 0.15) is 12.0 Å². The number of nitrogens with one attached hydrogen (secondary N) is 1. The van der Waals surface area contributed by atoms with E-state index >= 15 is 0 Å². The first-order valence-electron chi connectivity index (χ1n) is 9.98. The van der Waals surface area contributed by atoms with E-state index in [0.29, 0.717) is 6.61 Å². The van der Waals surface area contributed by atoms with E-state index in [0.717, 1.165) is 32.5 Å². The van der Waals surface area contributed by atoms with Gasteiger partial charge >= 0.3 is 6.03 Å². The van der Waals surface area contributed by atoms with Crippen LogP contribution >= 0.6 is 0 Å². The largest absolute Gasteiger partial charge is 0.383 e. The highest BCUT2D eigenvalue weighted by atomic mass is 16.5. The maximum absolute atomic E-state index is 13.1. The van der Waals surface area contributed by atoms with Crippen LogP contribution in [-0.4, -0.2) is 97.0 Å². The van der Waals surface area contributed by atoms with Crippen LogP contribution < -0.4 is 5.32 Å².